The minimum Gasteiger partial charge on any atom is -0.317 e. The Bertz CT molecular complexity index is 291. The van der Waals surface area contributed by atoms with Gasteiger partial charge in [-0.05, 0) is 25.9 Å². The van der Waals surface area contributed by atoms with E-state index in [9.17, 15) is 4.79 Å². The summed E-state index contributed by atoms with van der Waals surface area (Å²) in [7, 11) is 0. The first-order valence-corrected chi connectivity index (χ1v) is 4.74. The van der Waals surface area contributed by atoms with Crippen LogP contribution in [0.1, 0.15) is 12.8 Å². The summed E-state index contributed by atoms with van der Waals surface area (Å²) in [5.74, 6) is 0.554. The van der Waals surface area contributed by atoms with Gasteiger partial charge in [0.05, 0.1) is 0 Å². The number of anilines is 1. The number of nitrogens with one attached hydrogen (secondary N) is 3. The fraction of sp³-hybridized carbons (Fsp3) is 0.625. The number of rotatable bonds is 2. The Kier molecular flexibility index (Phi) is 2.73. The average molecular weight is 195 g/mol. The molecule has 2 rings (SSSR count). The van der Waals surface area contributed by atoms with Crippen molar-refractivity contribution in [3.8, 4) is 0 Å². The van der Waals surface area contributed by atoms with Crippen molar-refractivity contribution in [2.75, 3.05) is 18.4 Å². The Balaban J connectivity index is 1.88. The zero-order valence-corrected chi connectivity index (χ0v) is 7.79. The predicted molar refractivity (Wildman–Crippen MR) is 50.6 cm³/mol. The third-order valence-corrected chi connectivity index (χ3v) is 2.37. The summed E-state index contributed by atoms with van der Waals surface area (Å²) in [4.78, 5) is 14.4. The first-order valence-electron chi connectivity index (χ1n) is 4.74. The third-order valence-electron chi connectivity index (χ3n) is 2.37. The van der Waals surface area contributed by atoms with E-state index in [1.807, 2.05) is 0 Å². The van der Waals surface area contributed by atoms with Gasteiger partial charge in [0.2, 0.25) is 11.9 Å². The lowest BCUT2D eigenvalue weighted by Crippen LogP contribution is -2.34. The molecule has 2 heterocycles. The monoisotopic (exact) mass is 195 g/mol. The number of piperidine rings is 1. The van der Waals surface area contributed by atoms with Crippen molar-refractivity contribution < 1.29 is 4.79 Å². The molecule has 0 saturated carbocycles. The molecular formula is C8H13N5O. The van der Waals surface area contributed by atoms with Crippen LogP contribution in [0.5, 0.6) is 0 Å². The number of amides is 1. The smallest absolute Gasteiger partial charge is 0.229 e. The highest BCUT2D eigenvalue weighted by atomic mass is 16.2. The van der Waals surface area contributed by atoms with Crippen LogP contribution >= 0.6 is 0 Å². The molecule has 6 nitrogen and oxygen atoms in total. The first kappa shape index (κ1) is 9.14. The lowest BCUT2D eigenvalue weighted by molar-refractivity contribution is -0.120. The maximum Gasteiger partial charge on any atom is 0.229 e. The number of nitrogens with zero attached hydrogens (tertiary/aromatic N) is 2. The topological polar surface area (TPSA) is 82.7 Å². The molecule has 1 amide bonds. The summed E-state index contributed by atoms with van der Waals surface area (Å²) >= 11 is 0. The van der Waals surface area contributed by atoms with E-state index in [2.05, 4.69) is 25.8 Å². The van der Waals surface area contributed by atoms with Crippen LogP contribution in [0.4, 0.5) is 5.95 Å². The summed E-state index contributed by atoms with van der Waals surface area (Å²) in [6.45, 7) is 1.82. The molecule has 1 aromatic heterocycles. The van der Waals surface area contributed by atoms with Gasteiger partial charge in [0, 0.05) is 5.92 Å². The molecule has 0 bridgehead atoms. The second-order valence-corrected chi connectivity index (χ2v) is 3.35. The van der Waals surface area contributed by atoms with E-state index >= 15 is 0 Å². The highest BCUT2D eigenvalue weighted by Gasteiger charge is 2.21. The van der Waals surface area contributed by atoms with Gasteiger partial charge in [-0.1, -0.05) is 0 Å². The van der Waals surface area contributed by atoms with Gasteiger partial charge in [0.25, 0.3) is 0 Å². The van der Waals surface area contributed by atoms with E-state index in [-0.39, 0.29) is 11.8 Å². The average Bonchev–Trinajstić information content (AvgIpc) is 2.72. The molecule has 1 aliphatic rings. The van der Waals surface area contributed by atoms with Crippen LogP contribution in [-0.2, 0) is 4.79 Å². The zero-order chi connectivity index (χ0) is 9.80. The molecule has 0 radical (unpaired) electrons. The van der Waals surface area contributed by atoms with Crippen LogP contribution in [0, 0.1) is 5.92 Å². The SMILES string of the molecule is O=C(Nc1nnc[nH]1)C1CCNCC1. The van der Waals surface area contributed by atoms with Gasteiger partial charge >= 0.3 is 0 Å². The number of carbonyl (C=O) groups excluding carboxylic acids is 1. The quantitative estimate of drug-likeness (QED) is 0.607. The van der Waals surface area contributed by atoms with Crippen molar-refractivity contribution in [2.45, 2.75) is 12.8 Å². The van der Waals surface area contributed by atoms with Gasteiger partial charge < -0.3 is 10.3 Å². The van der Waals surface area contributed by atoms with E-state index in [1.54, 1.807) is 0 Å². The molecule has 3 N–H and O–H groups in total. The fourth-order valence-corrected chi connectivity index (χ4v) is 1.57. The Morgan fingerprint density at radius 2 is 2.29 bits per heavy atom. The molecule has 0 aromatic carbocycles. The molecule has 14 heavy (non-hydrogen) atoms. The zero-order valence-electron chi connectivity index (χ0n) is 7.79. The molecule has 0 aliphatic carbocycles. The Morgan fingerprint density at radius 1 is 1.50 bits per heavy atom. The summed E-state index contributed by atoms with van der Waals surface area (Å²) in [6, 6.07) is 0. The number of hydrogen-bond donors (Lipinski definition) is 3. The minimum absolute atomic E-state index is 0.0308. The van der Waals surface area contributed by atoms with E-state index in [0.29, 0.717) is 5.95 Å². The number of H-pyrrole nitrogens is 1. The molecule has 6 heteroatoms. The number of aromatic amines is 1. The van der Waals surface area contributed by atoms with Crippen LogP contribution in [0.25, 0.3) is 0 Å². The lowest BCUT2D eigenvalue weighted by Gasteiger charge is -2.20. The van der Waals surface area contributed by atoms with Gasteiger partial charge in [0.15, 0.2) is 0 Å². The van der Waals surface area contributed by atoms with Crippen LogP contribution in [0.3, 0.4) is 0 Å². The normalized spacial score (nSPS) is 18.0. The lowest BCUT2D eigenvalue weighted by atomic mass is 9.97. The molecule has 1 saturated heterocycles. The second kappa shape index (κ2) is 4.19. The molecule has 1 fully saturated rings. The summed E-state index contributed by atoms with van der Waals surface area (Å²) in [6.07, 6.45) is 3.22. The molecule has 0 spiro atoms. The number of carbonyl (C=O) groups is 1. The minimum atomic E-state index is 0.0308. The summed E-state index contributed by atoms with van der Waals surface area (Å²) in [5.41, 5.74) is 0. The van der Waals surface area contributed by atoms with Crippen molar-refractivity contribution in [1.82, 2.24) is 20.5 Å². The van der Waals surface area contributed by atoms with Crippen molar-refractivity contribution in [3.05, 3.63) is 6.33 Å². The third kappa shape index (κ3) is 2.08. The summed E-state index contributed by atoms with van der Waals surface area (Å²) in [5, 5.41) is 13.2. The van der Waals surface area contributed by atoms with Crippen molar-refractivity contribution in [2.24, 2.45) is 5.92 Å². The van der Waals surface area contributed by atoms with Crippen LogP contribution in [0.15, 0.2) is 6.33 Å². The Hall–Kier alpha value is -1.43. The highest BCUT2D eigenvalue weighted by molar-refractivity contribution is 5.90. The molecule has 1 aromatic rings. The number of aromatic nitrogens is 3. The molecule has 0 atom stereocenters. The molecule has 1 aliphatic heterocycles. The maximum absolute atomic E-state index is 11.6. The Morgan fingerprint density at radius 3 is 2.93 bits per heavy atom. The largest absolute Gasteiger partial charge is 0.317 e. The molecule has 76 valence electrons. The van der Waals surface area contributed by atoms with E-state index in [0.717, 1.165) is 25.9 Å². The van der Waals surface area contributed by atoms with E-state index < -0.39 is 0 Å². The fourth-order valence-electron chi connectivity index (χ4n) is 1.57. The van der Waals surface area contributed by atoms with Crippen LogP contribution < -0.4 is 10.6 Å². The van der Waals surface area contributed by atoms with Crippen LogP contribution in [0.2, 0.25) is 0 Å². The van der Waals surface area contributed by atoms with Gasteiger partial charge in [-0.3, -0.25) is 10.1 Å². The Labute approximate surface area is 81.5 Å². The maximum atomic E-state index is 11.6. The van der Waals surface area contributed by atoms with Crippen molar-refractivity contribution in [1.29, 1.82) is 0 Å². The van der Waals surface area contributed by atoms with Crippen LogP contribution in [-0.4, -0.2) is 34.2 Å². The molecule has 0 unspecified atom stereocenters. The van der Waals surface area contributed by atoms with Gasteiger partial charge in [-0.15, -0.1) is 10.2 Å². The number of hydrogen-bond acceptors (Lipinski definition) is 4. The van der Waals surface area contributed by atoms with Gasteiger partial charge in [0.1, 0.15) is 6.33 Å². The standard InChI is InChI=1S/C8H13N5O/c14-7(6-1-3-9-4-2-6)12-8-10-5-11-13-8/h5-6,9H,1-4H2,(H2,10,11,12,13,14). The molecular weight excluding hydrogens is 182 g/mol. The van der Waals surface area contributed by atoms with Gasteiger partial charge in [-0.25, -0.2) is 0 Å². The second-order valence-electron chi connectivity index (χ2n) is 3.35. The highest BCUT2D eigenvalue weighted by Crippen LogP contribution is 2.13. The van der Waals surface area contributed by atoms with E-state index in [4.69, 9.17) is 0 Å². The van der Waals surface area contributed by atoms with Crippen molar-refractivity contribution in [3.63, 3.8) is 0 Å². The van der Waals surface area contributed by atoms with Gasteiger partial charge in [-0.2, -0.15) is 0 Å². The van der Waals surface area contributed by atoms with E-state index in [1.165, 1.54) is 6.33 Å². The predicted octanol–water partition coefficient (Wildman–Crippen LogP) is -0.257. The first-order chi connectivity index (χ1) is 6.86. The van der Waals surface area contributed by atoms with Crippen molar-refractivity contribution >= 4 is 11.9 Å². The summed E-state index contributed by atoms with van der Waals surface area (Å²) < 4.78 is 0.